The Morgan fingerprint density at radius 3 is 2.94 bits per heavy atom. The Kier molecular flexibility index (Phi) is 2.01. The van der Waals surface area contributed by atoms with Crippen LogP contribution in [0, 0.1) is 0 Å². The van der Waals surface area contributed by atoms with Gasteiger partial charge in [0.2, 0.25) is 0 Å². The van der Waals surface area contributed by atoms with Crippen LogP contribution in [0.25, 0.3) is 0 Å². The van der Waals surface area contributed by atoms with E-state index >= 15 is 0 Å². The van der Waals surface area contributed by atoms with Gasteiger partial charge in [-0.15, -0.1) is 0 Å². The van der Waals surface area contributed by atoms with Crippen molar-refractivity contribution in [2.75, 3.05) is 18.5 Å². The molecule has 2 aliphatic heterocycles. The minimum absolute atomic E-state index is 0.0362. The second-order valence-electron chi connectivity index (χ2n) is 4.49. The molecular weight excluding hydrogens is 218 g/mol. The van der Waals surface area contributed by atoms with E-state index in [1.54, 1.807) is 23.2 Å². The van der Waals surface area contributed by atoms with Gasteiger partial charge in [-0.3, -0.25) is 14.8 Å². The van der Waals surface area contributed by atoms with E-state index in [0.717, 1.165) is 18.0 Å². The van der Waals surface area contributed by atoms with Gasteiger partial charge in [0.15, 0.2) is 11.7 Å². The maximum Gasteiger partial charge on any atom is 0.331 e. The van der Waals surface area contributed by atoms with Gasteiger partial charge < -0.3 is 4.57 Å². The summed E-state index contributed by atoms with van der Waals surface area (Å²) in [7, 11) is 3.68. The second kappa shape index (κ2) is 3.32. The molecule has 0 radical (unpaired) electrons. The third-order valence-electron chi connectivity index (χ3n) is 3.39. The minimum Gasteiger partial charge on any atom is -0.329 e. The Morgan fingerprint density at radius 1 is 1.47 bits per heavy atom. The van der Waals surface area contributed by atoms with E-state index in [-0.39, 0.29) is 12.1 Å². The third-order valence-corrected chi connectivity index (χ3v) is 3.39. The first-order valence-electron chi connectivity index (χ1n) is 5.78. The number of amides is 2. The predicted octanol–water partition coefficient (Wildman–Crippen LogP) is 0.831. The molecule has 0 saturated heterocycles. The van der Waals surface area contributed by atoms with Crippen molar-refractivity contribution in [3.8, 4) is 0 Å². The molecule has 0 saturated carbocycles. The highest BCUT2D eigenvalue weighted by molar-refractivity contribution is 6.18. The SMILES string of the molecule is CC[C@@H]1CN2C(=O)N(C)c3ncn(C)c3C2=N1. The zero-order valence-electron chi connectivity index (χ0n) is 10.2. The van der Waals surface area contributed by atoms with Gasteiger partial charge in [0, 0.05) is 14.1 Å². The Balaban J connectivity index is 2.17. The van der Waals surface area contributed by atoms with Crippen LogP contribution in [0.2, 0.25) is 0 Å². The Hall–Kier alpha value is -1.85. The summed E-state index contributed by atoms with van der Waals surface area (Å²) in [6, 6.07) is 0.175. The molecule has 1 aromatic rings. The lowest BCUT2D eigenvalue weighted by atomic mass is 10.2. The molecular formula is C11H15N5O. The van der Waals surface area contributed by atoms with Crippen LogP contribution in [0.1, 0.15) is 19.0 Å². The van der Waals surface area contributed by atoms with Gasteiger partial charge in [0.25, 0.3) is 0 Å². The number of anilines is 1. The topological polar surface area (TPSA) is 53.7 Å². The number of amidine groups is 1. The van der Waals surface area contributed by atoms with E-state index in [9.17, 15) is 4.79 Å². The normalized spacial score (nSPS) is 22.6. The molecule has 3 rings (SSSR count). The number of urea groups is 1. The summed E-state index contributed by atoms with van der Waals surface area (Å²) in [5.74, 6) is 1.47. The Morgan fingerprint density at radius 2 is 2.24 bits per heavy atom. The molecule has 0 aliphatic carbocycles. The first kappa shape index (κ1) is 10.3. The molecule has 0 N–H and O–H groups in total. The quantitative estimate of drug-likeness (QED) is 0.721. The summed E-state index contributed by atoms with van der Waals surface area (Å²) < 4.78 is 1.92. The minimum atomic E-state index is -0.0362. The summed E-state index contributed by atoms with van der Waals surface area (Å²) in [6.45, 7) is 2.77. The van der Waals surface area contributed by atoms with Gasteiger partial charge in [-0.05, 0) is 6.42 Å². The number of aromatic nitrogens is 2. The van der Waals surface area contributed by atoms with Crippen molar-refractivity contribution in [2.45, 2.75) is 19.4 Å². The number of carbonyl (C=O) groups excluding carboxylic acids is 1. The van der Waals surface area contributed by atoms with E-state index in [1.165, 1.54) is 0 Å². The van der Waals surface area contributed by atoms with Crippen molar-refractivity contribution >= 4 is 17.7 Å². The lowest BCUT2D eigenvalue weighted by Crippen LogP contribution is -2.49. The summed E-state index contributed by atoms with van der Waals surface area (Å²) >= 11 is 0. The van der Waals surface area contributed by atoms with Crippen molar-refractivity contribution in [2.24, 2.45) is 12.0 Å². The predicted molar refractivity (Wildman–Crippen MR) is 64.3 cm³/mol. The van der Waals surface area contributed by atoms with E-state index in [0.29, 0.717) is 12.4 Å². The van der Waals surface area contributed by atoms with Crippen LogP contribution in [0.3, 0.4) is 0 Å². The molecule has 0 spiro atoms. The first-order chi connectivity index (χ1) is 8.13. The van der Waals surface area contributed by atoms with Crippen molar-refractivity contribution in [1.82, 2.24) is 14.5 Å². The second-order valence-corrected chi connectivity index (χ2v) is 4.49. The highest BCUT2D eigenvalue weighted by Crippen LogP contribution is 2.30. The molecule has 6 nitrogen and oxygen atoms in total. The molecule has 0 aromatic carbocycles. The number of hydrogen-bond donors (Lipinski definition) is 0. The summed E-state index contributed by atoms with van der Waals surface area (Å²) in [6.07, 6.45) is 2.67. The molecule has 0 bridgehead atoms. The number of hydrogen-bond acceptors (Lipinski definition) is 3. The van der Waals surface area contributed by atoms with E-state index in [1.807, 2.05) is 11.6 Å². The van der Waals surface area contributed by atoms with Crippen LogP contribution >= 0.6 is 0 Å². The number of rotatable bonds is 1. The Labute approximate surface area is 99.6 Å². The number of nitrogens with zero attached hydrogens (tertiary/aromatic N) is 5. The molecule has 0 unspecified atom stereocenters. The fraction of sp³-hybridized carbons (Fsp3) is 0.545. The number of fused-ring (bicyclic) bond motifs is 3. The van der Waals surface area contributed by atoms with Crippen LogP contribution in [0.4, 0.5) is 10.6 Å². The zero-order valence-corrected chi connectivity index (χ0v) is 10.2. The molecule has 1 atom stereocenters. The molecule has 3 heterocycles. The zero-order chi connectivity index (χ0) is 12.2. The van der Waals surface area contributed by atoms with Crippen LogP contribution in [0.5, 0.6) is 0 Å². The van der Waals surface area contributed by atoms with Gasteiger partial charge in [0.1, 0.15) is 5.69 Å². The Bertz CT molecular complexity index is 518. The highest BCUT2D eigenvalue weighted by Gasteiger charge is 2.40. The standard InChI is InChI=1S/C11H15N5O/c1-4-7-5-16-10(13-7)8-9(12-6-14(8)2)15(3)11(16)17/h6-7H,4-5H2,1-3H3/t7-/m1/s1. The lowest BCUT2D eigenvalue weighted by molar-refractivity contribution is 0.228. The van der Waals surface area contributed by atoms with Gasteiger partial charge in [0.05, 0.1) is 18.9 Å². The number of carbonyl (C=O) groups is 1. The van der Waals surface area contributed by atoms with E-state index in [2.05, 4.69) is 16.9 Å². The lowest BCUT2D eigenvalue weighted by Gasteiger charge is -2.30. The van der Waals surface area contributed by atoms with Crippen molar-refractivity contribution in [3.05, 3.63) is 12.0 Å². The van der Waals surface area contributed by atoms with Crippen molar-refractivity contribution < 1.29 is 4.79 Å². The van der Waals surface area contributed by atoms with Gasteiger partial charge in [-0.2, -0.15) is 0 Å². The van der Waals surface area contributed by atoms with Gasteiger partial charge >= 0.3 is 6.03 Å². The third kappa shape index (κ3) is 1.23. The smallest absolute Gasteiger partial charge is 0.329 e. The number of imidazole rings is 1. The van der Waals surface area contributed by atoms with Crippen LogP contribution < -0.4 is 4.90 Å². The summed E-state index contributed by atoms with van der Waals surface area (Å²) in [5.41, 5.74) is 0.933. The monoisotopic (exact) mass is 233 g/mol. The van der Waals surface area contributed by atoms with Crippen molar-refractivity contribution in [3.63, 3.8) is 0 Å². The fourth-order valence-electron chi connectivity index (χ4n) is 2.35. The van der Waals surface area contributed by atoms with E-state index < -0.39 is 0 Å². The van der Waals surface area contributed by atoms with Gasteiger partial charge in [-0.25, -0.2) is 9.78 Å². The molecule has 2 amide bonds. The van der Waals surface area contributed by atoms with Crippen LogP contribution in [-0.4, -0.2) is 46.0 Å². The average Bonchev–Trinajstić information content (AvgIpc) is 2.89. The maximum absolute atomic E-state index is 12.2. The summed E-state index contributed by atoms with van der Waals surface area (Å²) in [4.78, 5) is 24.4. The molecule has 90 valence electrons. The molecule has 0 fully saturated rings. The van der Waals surface area contributed by atoms with Crippen LogP contribution in [0.15, 0.2) is 11.3 Å². The van der Waals surface area contributed by atoms with Crippen molar-refractivity contribution in [1.29, 1.82) is 0 Å². The molecule has 17 heavy (non-hydrogen) atoms. The number of aryl methyl sites for hydroxylation is 1. The maximum atomic E-state index is 12.2. The molecule has 2 aliphatic rings. The summed E-state index contributed by atoms with van der Waals surface area (Å²) in [5, 5.41) is 0. The number of aliphatic imine (C=N–C) groups is 1. The molecule has 6 heteroatoms. The average molecular weight is 233 g/mol. The first-order valence-corrected chi connectivity index (χ1v) is 5.78. The highest BCUT2D eigenvalue weighted by atomic mass is 16.2. The molecule has 1 aromatic heterocycles. The largest absolute Gasteiger partial charge is 0.331 e. The van der Waals surface area contributed by atoms with Gasteiger partial charge in [-0.1, -0.05) is 6.92 Å². The van der Waals surface area contributed by atoms with E-state index in [4.69, 9.17) is 0 Å². The van der Waals surface area contributed by atoms with Crippen LogP contribution in [-0.2, 0) is 7.05 Å². The fourth-order valence-corrected chi connectivity index (χ4v) is 2.35.